The van der Waals surface area contributed by atoms with E-state index in [0.29, 0.717) is 29.1 Å². The van der Waals surface area contributed by atoms with Crippen molar-refractivity contribution in [3.05, 3.63) is 66.0 Å². The molecule has 5 rings (SSSR count). The summed E-state index contributed by atoms with van der Waals surface area (Å²) < 4.78 is 0. The molecule has 0 aliphatic carbocycles. The lowest BCUT2D eigenvalue weighted by molar-refractivity contribution is 0.0944. The first-order chi connectivity index (χ1) is 15.2. The number of anilines is 1. The van der Waals surface area contributed by atoms with Gasteiger partial charge in [0.2, 0.25) is 11.9 Å². The molecule has 0 fully saturated rings. The molecule has 0 saturated carbocycles. The number of aromatic nitrogens is 3. The van der Waals surface area contributed by atoms with Crippen LogP contribution in [0.2, 0.25) is 0 Å². The molecule has 2 amide bonds. The Bertz CT molecular complexity index is 1340. The molecule has 5 N–H and O–H groups in total. The van der Waals surface area contributed by atoms with Crippen LogP contribution in [0.4, 0.5) is 5.95 Å². The molecular formula is C21H18N8O2. The van der Waals surface area contributed by atoms with Crippen LogP contribution in [0.25, 0.3) is 21.8 Å². The number of nitrogens with one attached hydrogen (secondary N) is 5. The Hall–Kier alpha value is -4.47. The minimum Gasteiger partial charge on any atom is -0.353 e. The van der Waals surface area contributed by atoms with E-state index in [-0.39, 0.29) is 17.5 Å². The van der Waals surface area contributed by atoms with Crippen molar-refractivity contribution in [2.45, 2.75) is 0 Å². The number of rotatable bonds is 3. The monoisotopic (exact) mass is 414 g/mol. The molecule has 4 aromatic rings. The number of fused-ring (bicyclic) bond motifs is 2. The van der Waals surface area contributed by atoms with Crippen molar-refractivity contribution in [3.63, 3.8) is 0 Å². The number of para-hydroxylation sites is 1. The summed E-state index contributed by atoms with van der Waals surface area (Å²) in [6.45, 7) is 1.38. The average molecular weight is 414 g/mol. The number of amides is 2. The summed E-state index contributed by atoms with van der Waals surface area (Å²) in [6, 6.07) is 14.6. The molecule has 0 saturated heterocycles. The maximum absolute atomic E-state index is 12.7. The second-order valence-corrected chi connectivity index (χ2v) is 6.89. The molecule has 2 aromatic carbocycles. The van der Waals surface area contributed by atoms with Crippen LogP contribution in [0, 0.1) is 0 Å². The average Bonchev–Trinajstić information content (AvgIpc) is 3.46. The van der Waals surface area contributed by atoms with Gasteiger partial charge < -0.3 is 10.3 Å². The maximum Gasteiger partial charge on any atom is 0.276 e. The number of pyridine rings is 1. The van der Waals surface area contributed by atoms with Gasteiger partial charge in [0.1, 0.15) is 11.2 Å². The fraction of sp³-hybridized carbons (Fsp3) is 0.0952. The maximum atomic E-state index is 12.7. The van der Waals surface area contributed by atoms with Gasteiger partial charge in [0, 0.05) is 18.1 Å². The van der Waals surface area contributed by atoms with Crippen LogP contribution in [-0.4, -0.2) is 45.8 Å². The fourth-order valence-corrected chi connectivity index (χ4v) is 3.32. The summed E-state index contributed by atoms with van der Waals surface area (Å²) in [5.41, 5.74) is 7.01. The van der Waals surface area contributed by atoms with Crippen molar-refractivity contribution in [2.24, 2.45) is 4.99 Å². The Kier molecular flexibility index (Phi) is 4.64. The molecule has 154 valence electrons. The number of carbonyl (C=O) groups is 2. The molecule has 0 unspecified atom stereocenters. The topological polar surface area (TPSA) is 136 Å². The van der Waals surface area contributed by atoms with Gasteiger partial charge in [-0.3, -0.25) is 35.7 Å². The van der Waals surface area contributed by atoms with Crippen LogP contribution in [0.15, 0.2) is 59.7 Å². The summed E-state index contributed by atoms with van der Waals surface area (Å²) in [5.74, 6) is -0.0336. The van der Waals surface area contributed by atoms with E-state index in [1.165, 1.54) is 0 Å². The number of H-pyrrole nitrogens is 1. The molecule has 2 aromatic heterocycles. The summed E-state index contributed by atoms with van der Waals surface area (Å²) in [7, 11) is 0. The standard InChI is InChI=1S/C21H18N8O2/c30-18(28-29-20-22-8-9-23-20)14-6-3-7-15-17(14)26-21(25-15)27-19(31)16-10-12-4-1-2-5-13(12)11-24-16/h1-7,10-11H,8-9H2,(H,28,30)(H2,22,23,29)(H2,25,26,27,31). The molecule has 0 spiro atoms. The lowest BCUT2D eigenvalue weighted by atomic mass is 10.1. The van der Waals surface area contributed by atoms with Crippen molar-refractivity contribution in [1.82, 2.24) is 31.1 Å². The number of hydrazine groups is 1. The van der Waals surface area contributed by atoms with E-state index in [9.17, 15) is 9.59 Å². The number of carbonyl (C=O) groups excluding carboxylic acids is 2. The second-order valence-electron chi connectivity index (χ2n) is 6.89. The minimum absolute atomic E-state index is 0.227. The van der Waals surface area contributed by atoms with Gasteiger partial charge in [0.05, 0.1) is 17.6 Å². The second kappa shape index (κ2) is 7.75. The smallest absolute Gasteiger partial charge is 0.276 e. The predicted molar refractivity (Wildman–Crippen MR) is 117 cm³/mol. The first kappa shape index (κ1) is 18.6. The van der Waals surface area contributed by atoms with E-state index in [4.69, 9.17) is 0 Å². The SMILES string of the molecule is O=C(Nc1nc2c(C(=O)NNC3=NCCN3)cccc2[nH]1)c1cc2ccccc2cn1. The predicted octanol–water partition coefficient (Wildman–Crippen LogP) is 1.56. The Balaban J connectivity index is 1.36. The Morgan fingerprint density at radius 1 is 1.00 bits per heavy atom. The fourth-order valence-electron chi connectivity index (χ4n) is 3.32. The van der Waals surface area contributed by atoms with Gasteiger partial charge in [-0.2, -0.15) is 0 Å². The molecule has 10 nitrogen and oxygen atoms in total. The summed E-state index contributed by atoms with van der Waals surface area (Å²) >= 11 is 0. The van der Waals surface area contributed by atoms with Gasteiger partial charge in [0.15, 0.2) is 0 Å². The molecule has 1 aliphatic heterocycles. The van der Waals surface area contributed by atoms with E-state index in [1.807, 2.05) is 24.3 Å². The van der Waals surface area contributed by atoms with Crippen LogP contribution in [-0.2, 0) is 0 Å². The van der Waals surface area contributed by atoms with E-state index >= 15 is 0 Å². The first-order valence-corrected chi connectivity index (χ1v) is 9.67. The van der Waals surface area contributed by atoms with Crippen LogP contribution >= 0.6 is 0 Å². The zero-order chi connectivity index (χ0) is 21.2. The zero-order valence-electron chi connectivity index (χ0n) is 16.3. The highest BCUT2D eigenvalue weighted by molar-refractivity contribution is 6.07. The molecule has 0 radical (unpaired) electrons. The number of benzene rings is 2. The van der Waals surface area contributed by atoms with Gasteiger partial charge in [-0.05, 0) is 23.6 Å². The highest BCUT2D eigenvalue weighted by Crippen LogP contribution is 2.19. The van der Waals surface area contributed by atoms with Crippen LogP contribution in [0.3, 0.4) is 0 Å². The van der Waals surface area contributed by atoms with Crippen molar-refractivity contribution in [3.8, 4) is 0 Å². The Labute approximate surface area is 176 Å². The van der Waals surface area contributed by atoms with Crippen LogP contribution < -0.4 is 21.5 Å². The highest BCUT2D eigenvalue weighted by Gasteiger charge is 2.16. The molecule has 0 atom stereocenters. The number of hydrogen-bond donors (Lipinski definition) is 5. The molecule has 10 heteroatoms. The van der Waals surface area contributed by atoms with Gasteiger partial charge in [0.25, 0.3) is 11.8 Å². The number of guanidine groups is 1. The molecule has 3 heterocycles. The lowest BCUT2D eigenvalue weighted by Gasteiger charge is -2.08. The van der Waals surface area contributed by atoms with E-state index in [1.54, 1.807) is 30.5 Å². The summed E-state index contributed by atoms with van der Waals surface area (Å²) in [5, 5.41) is 7.58. The summed E-state index contributed by atoms with van der Waals surface area (Å²) in [4.78, 5) is 41.0. The van der Waals surface area contributed by atoms with Gasteiger partial charge in [-0.1, -0.05) is 30.3 Å². The number of nitrogens with zero attached hydrogens (tertiary/aromatic N) is 3. The van der Waals surface area contributed by atoms with Gasteiger partial charge in [-0.15, -0.1) is 0 Å². The minimum atomic E-state index is -0.400. The van der Waals surface area contributed by atoms with Crippen molar-refractivity contribution < 1.29 is 9.59 Å². The Morgan fingerprint density at radius 3 is 2.71 bits per heavy atom. The number of aliphatic imine (C=N–C) groups is 1. The third-order valence-corrected chi connectivity index (χ3v) is 4.82. The van der Waals surface area contributed by atoms with Crippen molar-refractivity contribution >= 4 is 45.5 Å². The normalized spacial score (nSPS) is 13.0. The Morgan fingerprint density at radius 2 is 1.87 bits per heavy atom. The highest BCUT2D eigenvalue weighted by atomic mass is 16.2. The largest absolute Gasteiger partial charge is 0.353 e. The molecular weight excluding hydrogens is 396 g/mol. The van der Waals surface area contributed by atoms with E-state index < -0.39 is 5.91 Å². The number of hydrogen-bond acceptors (Lipinski definition) is 7. The molecule has 31 heavy (non-hydrogen) atoms. The van der Waals surface area contributed by atoms with E-state index in [0.717, 1.165) is 17.3 Å². The van der Waals surface area contributed by atoms with E-state index in [2.05, 4.69) is 41.4 Å². The third kappa shape index (κ3) is 3.73. The quantitative estimate of drug-likeness (QED) is 0.323. The number of imidazole rings is 1. The number of aromatic amines is 1. The third-order valence-electron chi connectivity index (χ3n) is 4.82. The lowest BCUT2D eigenvalue weighted by Crippen LogP contribution is -2.46. The van der Waals surface area contributed by atoms with Crippen molar-refractivity contribution in [2.75, 3.05) is 18.4 Å². The zero-order valence-corrected chi connectivity index (χ0v) is 16.3. The van der Waals surface area contributed by atoms with Gasteiger partial charge >= 0.3 is 0 Å². The molecule has 0 bridgehead atoms. The van der Waals surface area contributed by atoms with Gasteiger partial charge in [-0.25, -0.2) is 4.98 Å². The molecule has 1 aliphatic rings. The summed E-state index contributed by atoms with van der Waals surface area (Å²) in [6.07, 6.45) is 1.65. The van der Waals surface area contributed by atoms with Crippen molar-refractivity contribution in [1.29, 1.82) is 0 Å². The van der Waals surface area contributed by atoms with Crippen LogP contribution in [0.5, 0.6) is 0 Å². The van der Waals surface area contributed by atoms with Crippen LogP contribution in [0.1, 0.15) is 20.8 Å². The first-order valence-electron chi connectivity index (χ1n) is 9.67.